The van der Waals surface area contributed by atoms with E-state index in [-0.39, 0.29) is 0 Å². The smallest absolute Gasteiger partial charge is 0.122 e. The van der Waals surface area contributed by atoms with Gasteiger partial charge in [-0.3, -0.25) is 0 Å². The molecule has 0 heterocycles. The number of halogens is 1. The summed E-state index contributed by atoms with van der Waals surface area (Å²) in [5.74, 6) is 0. The molecule has 0 radical (unpaired) electrons. The van der Waals surface area contributed by atoms with Gasteiger partial charge in [-0.1, -0.05) is 31.4 Å². The average molecular weight is 179 g/mol. The van der Waals surface area contributed by atoms with Crippen LogP contribution >= 0.6 is 0 Å². The minimum Gasteiger partial charge on any atom is -0.381 e. The van der Waals surface area contributed by atoms with Crippen LogP contribution in [0.15, 0.2) is 48.7 Å². The van der Waals surface area contributed by atoms with Crippen molar-refractivity contribution in [2.75, 3.05) is 6.54 Å². The maximum atomic E-state index is 12.6. The van der Waals surface area contributed by atoms with Crippen LogP contribution in [0.5, 0.6) is 0 Å². The number of alkyl halides is 1. The van der Waals surface area contributed by atoms with Crippen molar-refractivity contribution in [1.29, 1.82) is 0 Å². The summed E-state index contributed by atoms with van der Waals surface area (Å²) in [6, 6.07) is 0. The topological polar surface area (TPSA) is 12.0 Å². The molecule has 0 fully saturated rings. The first-order valence-electron chi connectivity index (χ1n) is 4.29. The molecule has 0 saturated carbocycles. The van der Waals surface area contributed by atoms with Gasteiger partial charge in [0, 0.05) is 18.7 Å². The van der Waals surface area contributed by atoms with Crippen LogP contribution in [0.2, 0.25) is 0 Å². The predicted molar refractivity (Wildman–Crippen MR) is 54.1 cm³/mol. The van der Waals surface area contributed by atoms with E-state index in [1.165, 1.54) is 0 Å². The van der Waals surface area contributed by atoms with Crippen molar-refractivity contribution in [3.05, 3.63) is 48.7 Å². The lowest BCUT2D eigenvalue weighted by Gasteiger charge is -2.11. The highest BCUT2D eigenvalue weighted by atomic mass is 19.1. The fourth-order valence-electron chi connectivity index (χ4n) is 1.06. The first-order chi connectivity index (χ1) is 6.22. The molecule has 1 rings (SSSR count). The van der Waals surface area contributed by atoms with Gasteiger partial charge < -0.3 is 5.32 Å². The summed E-state index contributed by atoms with van der Waals surface area (Å²) in [6.07, 6.45) is 6.60. The van der Waals surface area contributed by atoms with Gasteiger partial charge in [-0.05, 0) is 11.6 Å². The quantitative estimate of drug-likeness (QED) is 0.654. The molecule has 0 spiro atoms. The van der Waals surface area contributed by atoms with Crippen LogP contribution < -0.4 is 5.32 Å². The molecule has 1 N–H and O–H groups in total. The summed E-state index contributed by atoms with van der Waals surface area (Å²) in [7, 11) is 0. The van der Waals surface area contributed by atoms with Crippen LogP contribution in [0.1, 0.15) is 6.42 Å². The maximum absolute atomic E-state index is 12.6. The van der Waals surface area contributed by atoms with Crippen molar-refractivity contribution in [2.45, 2.75) is 12.6 Å². The largest absolute Gasteiger partial charge is 0.381 e. The lowest BCUT2D eigenvalue weighted by atomic mass is 10.1. The third kappa shape index (κ3) is 3.28. The number of allylic oxidation sites excluding steroid dienone is 3. The standard InChI is InChI=1S/C11H14FN/c1-3-9(2)13-8-10-4-6-11(12)7-5-10/h3-6,11,13H,1-2,7-8H2. The van der Waals surface area contributed by atoms with Gasteiger partial charge in [-0.15, -0.1) is 0 Å². The van der Waals surface area contributed by atoms with Crippen LogP contribution in [-0.2, 0) is 0 Å². The number of rotatable bonds is 4. The summed E-state index contributed by atoms with van der Waals surface area (Å²) in [5, 5.41) is 3.06. The van der Waals surface area contributed by atoms with Gasteiger partial charge in [0.05, 0.1) is 0 Å². The summed E-state index contributed by atoms with van der Waals surface area (Å²) in [6.45, 7) is 7.98. The molecule has 1 aliphatic rings. The Balaban J connectivity index is 2.35. The Kier molecular flexibility index (Phi) is 3.50. The van der Waals surface area contributed by atoms with E-state index < -0.39 is 6.17 Å². The lowest BCUT2D eigenvalue weighted by molar-refractivity contribution is 0.400. The third-order valence-corrected chi connectivity index (χ3v) is 1.89. The SMILES string of the molecule is C=CC(=C)NCC1=CCC(F)C=C1. The van der Waals surface area contributed by atoms with Crippen molar-refractivity contribution in [3.63, 3.8) is 0 Å². The van der Waals surface area contributed by atoms with Crippen molar-refractivity contribution >= 4 is 0 Å². The predicted octanol–water partition coefficient (Wildman–Crippen LogP) is 2.50. The molecule has 1 unspecified atom stereocenters. The molecule has 0 aromatic carbocycles. The van der Waals surface area contributed by atoms with Crippen molar-refractivity contribution in [1.82, 2.24) is 5.32 Å². The van der Waals surface area contributed by atoms with E-state index in [0.717, 1.165) is 11.3 Å². The van der Waals surface area contributed by atoms with E-state index in [1.54, 1.807) is 18.2 Å². The Labute approximate surface area is 78.3 Å². The minimum absolute atomic E-state index is 0.480. The van der Waals surface area contributed by atoms with Crippen LogP contribution in [-0.4, -0.2) is 12.7 Å². The minimum atomic E-state index is -0.814. The highest BCUT2D eigenvalue weighted by molar-refractivity contribution is 5.27. The van der Waals surface area contributed by atoms with E-state index in [0.29, 0.717) is 13.0 Å². The third-order valence-electron chi connectivity index (χ3n) is 1.89. The first-order valence-corrected chi connectivity index (χ1v) is 4.29. The highest BCUT2D eigenvalue weighted by Crippen LogP contribution is 2.12. The van der Waals surface area contributed by atoms with Gasteiger partial charge >= 0.3 is 0 Å². The van der Waals surface area contributed by atoms with Crippen LogP contribution in [0, 0.1) is 0 Å². The lowest BCUT2D eigenvalue weighted by Crippen LogP contribution is -2.15. The van der Waals surface area contributed by atoms with Gasteiger partial charge in [-0.2, -0.15) is 0 Å². The zero-order valence-corrected chi connectivity index (χ0v) is 7.59. The second-order valence-electron chi connectivity index (χ2n) is 2.97. The monoisotopic (exact) mass is 179 g/mol. The average Bonchev–Trinajstić information content (AvgIpc) is 2.16. The summed E-state index contributed by atoms with van der Waals surface area (Å²) >= 11 is 0. The number of hydrogen-bond acceptors (Lipinski definition) is 1. The zero-order valence-electron chi connectivity index (χ0n) is 7.59. The molecule has 13 heavy (non-hydrogen) atoms. The van der Waals surface area contributed by atoms with Crippen molar-refractivity contribution in [2.24, 2.45) is 0 Å². The van der Waals surface area contributed by atoms with Crippen molar-refractivity contribution in [3.8, 4) is 0 Å². The summed E-state index contributed by atoms with van der Waals surface area (Å²) in [4.78, 5) is 0. The molecular weight excluding hydrogens is 165 g/mol. The molecule has 1 nitrogen and oxygen atoms in total. The molecule has 0 amide bonds. The van der Waals surface area contributed by atoms with Gasteiger partial charge in [0.25, 0.3) is 0 Å². The van der Waals surface area contributed by atoms with Gasteiger partial charge in [0.15, 0.2) is 0 Å². The van der Waals surface area contributed by atoms with E-state index >= 15 is 0 Å². The van der Waals surface area contributed by atoms with Gasteiger partial charge in [0.1, 0.15) is 6.17 Å². The summed E-state index contributed by atoms with van der Waals surface area (Å²) < 4.78 is 12.6. The Hall–Kier alpha value is -1.31. The van der Waals surface area contributed by atoms with Gasteiger partial charge in [0.2, 0.25) is 0 Å². The molecule has 0 saturated heterocycles. The van der Waals surface area contributed by atoms with E-state index in [1.807, 2.05) is 6.08 Å². The van der Waals surface area contributed by atoms with E-state index in [4.69, 9.17) is 0 Å². The first kappa shape index (κ1) is 9.78. The molecule has 2 heteroatoms. The molecule has 0 aliphatic heterocycles. The van der Waals surface area contributed by atoms with Crippen LogP contribution in [0.3, 0.4) is 0 Å². The summed E-state index contributed by atoms with van der Waals surface area (Å²) in [5.41, 5.74) is 1.88. The molecule has 1 aliphatic carbocycles. The number of hydrogen-bond donors (Lipinski definition) is 1. The highest BCUT2D eigenvalue weighted by Gasteiger charge is 2.05. The number of nitrogens with one attached hydrogen (secondary N) is 1. The van der Waals surface area contributed by atoms with Gasteiger partial charge in [-0.25, -0.2) is 4.39 Å². The maximum Gasteiger partial charge on any atom is 0.122 e. The van der Waals surface area contributed by atoms with Crippen LogP contribution in [0.25, 0.3) is 0 Å². The molecule has 1 atom stereocenters. The molecule has 0 aromatic heterocycles. The Morgan fingerprint density at radius 2 is 2.54 bits per heavy atom. The van der Waals surface area contributed by atoms with E-state index in [9.17, 15) is 4.39 Å². The Morgan fingerprint density at radius 1 is 1.77 bits per heavy atom. The Bertz CT molecular complexity index is 263. The van der Waals surface area contributed by atoms with E-state index in [2.05, 4.69) is 18.5 Å². The van der Waals surface area contributed by atoms with Crippen LogP contribution in [0.4, 0.5) is 4.39 Å². The zero-order chi connectivity index (χ0) is 9.68. The molecule has 0 aromatic rings. The fourth-order valence-corrected chi connectivity index (χ4v) is 1.06. The molecule has 70 valence electrons. The molecular formula is C11H14FN. The second kappa shape index (κ2) is 4.65. The van der Waals surface area contributed by atoms with Crippen molar-refractivity contribution < 1.29 is 4.39 Å². The Morgan fingerprint density at radius 3 is 3.08 bits per heavy atom. The normalized spacial score (nSPS) is 20.7. The second-order valence-corrected chi connectivity index (χ2v) is 2.97. The molecule has 0 bridgehead atoms. The fraction of sp³-hybridized carbons (Fsp3) is 0.273.